The summed E-state index contributed by atoms with van der Waals surface area (Å²) in [5.74, 6) is 0.300. The van der Waals surface area contributed by atoms with E-state index in [1.165, 1.54) is 6.07 Å². The van der Waals surface area contributed by atoms with E-state index in [9.17, 15) is 9.18 Å². The molecule has 0 spiro atoms. The molecule has 4 heteroatoms. The van der Waals surface area contributed by atoms with E-state index in [1.54, 1.807) is 35.8 Å². The zero-order valence-corrected chi connectivity index (χ0v) is 12.2. The smallest absolute Gasteiger partial charge is 0.256 e. The van der Waals surface area contributed by atoms with Gasteiger partial charge in [0.25, 0.3) is 5.91 Å². The highest BCUT2D eigenvalue weighted by atomic mass is 32.2. The summed E-state index contributed by atoms with van der Waals surface area (Å²) in [4.78, 5) is 13.8. The minimum Gasteiger partial charge on any atom is -0.339 e. The van der Waals surface area contributed by atoms with Crippen LogP contribution < -0.4 is 0 Å². The summed E-state index contributed by atoms with van der Waals surface area (Å²) in [6.45, 7) is 3.84. The number of nitrogens with zero attached hydrogens (tertiary/aromatic N) is 1. The van der Waals surface area contributed by atoms with Crippen molar-refractivity contribution in [1.29, 1.82) is 0 Å². The van der Waals surface area contributed by atoms with Crippen LogP contribution in [-0.2, 0) is 0 Å². The lowest BCUT2D eigenvalue weighted by molar-refractivity contribution is 0.0736. The molecular formula is C14H20FNOS. The first-order valence-corrected chi connectivity index (χ1v) is 7.39. The van der Waals surface area contributed by atoms with Gasteiger partial charge in [0.15, 0.2) is 0 Å². The van der Waals surface area contributed by atoms with Crippen LogP contribution in [0.5, 0.6) is 0 Å². The molecule has 1 rings (SSSR count). The molecule has 100 valence electrons. The van der Waals surface area contributed by atoms with E-state index < -0.39 is 5.82 Å². The van der Waals surface area contributed by atoms with Gasteiger partial charge in [-0.15, -0.1) is 0 Å². The number of amides is 1. The van der Waals surface area contributed by atoms with Crippen LogP contribution in [0.1, 0.15) is 29.3 Å². The Morgan fingerprint density at radius 1 is 1.50 bits per heavy atom. The quantitative estimate of drug-likeness (QED) is 0.817. The van der Waals surface area contributed by atoms with Gasteiger partial charge in [0.05, 0.1) is 5.56 Å². The zero-order valence-electron chi connectivity index (χ0n) is 11.4. The van der Waals surface area contributed by atoms with Crippen LogP contribution in [0.25, 0.3) is 0 Å². The third-order valence-electron chi connectivity index (χ3n) is 3.07. The third kappa shape index (κ3) is 3.73. The summed E-state index contributed by atoms with van der Waals surface area (Å²) in [6, 6.07) is 4.74. The van der Waals surface area contributed by atoms with Crippen molar-refractivity contribution in [2.24, 2.45) is 0 Å². The van der Waals surface area contributed by atoms with Crippen LogP contribution >= 0.6 is 11.8 Å². The van der Waals surface area contributed by atoms with E-state index in [4.69, 9.17) is 0 Å². The van der Waals surface area contributed by atoms with Crippen molar-refractivity contribution in [3.8, 4) is 0 Å². The first-order chi connectivity index (χ1) is 8.47. The van der Waals surface area contributed by atoms with Gasteiger partial charge in [0, 0.05) is 13.1 Å². The second-order valence-corrected chi connectivity index (χ2v) is 5.52. The first-order valence-electron chi connectivity index (χ1n) is 5.99. The number of thioether (sulfide) groups is 1. The van der Waals surface area contributed by atoms with Gasteiger partial charge in [-0.1, -0.05) is 11.6 Å². The van der Waals surface area contributed by atoms with Gasteiger partial charge in [-0.25, -0.2) is 4.39 Å². The van der Waals surface area contributed by atoms with Crippen LogP contribution in [0.3, 0.4) is 0 Å². The molecular weight excluding hydrogens is 249 g/mol. The van der Waals surface area contributed by atoms with Gasteiger partial charge in [0.1, 0.15) is 5.82 Å². The highest BCUT2D eigenvalue weighted by molar-refractivity contribution is 7.98. The van der Waals surface area contributed by atoms with Gasteiger partial charge in [0.2, 0.25) is 0 Å². The normalized spacial score (nSPS) is 12.3. The largest absolute Gasteiger partial charge is 0.339 e. The fraction of sp³-hybridized carbons (Fsp3) is 0.500. The number of hydrogen-bond acceptors (Lipinski definition) is 2. The molecule has 0 aromatic heterocycles. The maximum absolute atomic E-state index is 13.6. The molecule has 2 nitrogen and oxygen atoms in total. The molecule has 18 heavy (non-hydrogen) atoms. The lowest BCUT2D eigenvalue weighted by Crippen LogP contribution is -2.36. The van der Waals surface area contributed by atoms with Gasteiger partial charge < -0.3 is 4.90 Å². The maximum Gasteiger partial charge on any atom is 0.256 e. The van der Waals surface area contributed by atoms with Crippen molar-refractivity contribution in [2.45, 2.75) is 26.3 Å². The van der Waals surface area contributed by atoms with Crippen LogP contribution in [0.2, 0.25) is 0 Å². The van der Waals surface area contributed by atoms with E-state index in [0.717, 1.165) is 17.7 Å². The van der Waals surface area contributed by atoms with E-state index in [1.807, 2.05) is 20.1 Å². The Labute approximate surface area is 113 Å². The Morgan fingerprint density at radius 2 is 2.17 bits per heavy atom. The summed E-state index contributed by atoms with van der Waals surface area (Å²) >= 11 is 1.75. The Kier molecular flexibility index (Phi) is 5.66. The van der Waals surface area contributed by atoms with Gasteiger partial charge in [-0.05, 0) is 44.4 Å². The van der Waals surface area contributed by atoms with Crippen molar-refractivity contribution < 1.29 is 9.18 Å². The predicted octanol–water partition coefficient (Wildman–Crippen LogP) is 3.35. The number of carbonyl (C=O) groups is 1. The maximum atomic E-state index is 13.6. The SMILES string of the molecule is CSCCC(C)N(C)C(=O)c1cc(C)ccc1F. The highest BCUT2D eigenvalue weighted by Crippen LogP contribution is 2.15. The highest BCUT2D eigenvalue weighted by Gasteiger charge is 2.20. The van der Waals surface area contributed by atoms with Crippen molar-refractivity contribution in [3.63, 3.8) is 0 Å². The lowest BCUT2D eigenvalue weighted by Gasteiger charge is -2.25. The molecule has 0 bridgehead atoms. The molecule has 1 unspecified atom stereocenters. The second kappa shape index (κ2) is 6.78. The van der Waals surface area contributed by atoms with E-state index in [-0.39, 0.29) is 17.5 Å². The number of aryl methyl sites for hydroxylation is 1. The molecule has 0 N–H and O–H groups in total. The molecule has 0 saturated carbocycles. The monoisotopic (exact) mass is 269 g/mol. The van der Waals surface area contributed by atoms with E-state index in [0.29, 0.717) is 0 Å². The molecule has 1 amide bonds. The molecule has 0 saturated heterocycles. The van der Waals surface area contributed by atoms with E-state index >= 15 is 0 Å². The molecule has 0 radical (unpaired) electrons. The Hall–Kier alpha value is -1.03. The molecule has 0 aliphatic carbocycles. The Bertz CT molecular complexity index is 422. The number of carbonyl (C=O) groups excluding carboxylic acids is 1. The summed E-state index contributed by atoms with van der Waals surface area (Å²) in [6.07, 6.45) is 2.95. The van der Waals surface area contributed by atoms with Crippen LogP contribution in [0.15, 0.2) is 18.2 Å². The fourth-order valence-corrected chi connectivity index (χ4v) is 2.25. The minimum atomic E-state index is -0.450. The lowest BCUT2D eigenvalue weighted by atomic mass is 10.1. The molecule has 0 fully saturated rings. The third-order valence-corrected chi connectivity index (χ3v) is 3.72. The molecule has 1 atom stereocenters. The van der Waals surface area contributed by atoms with Crippen LogP contribution in [0, 0.1) is 12.7 Å². The topological polar surface area (TPSA) is 20.3 Å². The van der Waals surface area contributed by atoms with Gasteiger partial charge in [-0.3, -0.25) is 4.79 Å². The fourth-order valence-electron chi connectivity index (χ4n) is 1.68. The summed E-state index contributed by atoms with van der Waals surface area (Å²) in [5.41, 5.74) is 1.05. The van der Waals surface area contributed by atoms with E-state index in [2.05, 4.69) is 0 Å². The average molecular weight is 269 g/mol. The van der Waals surface area contributed by atoms with Crippen molar-refractivity contribution in [3.05, 3.63) is 35.1 Å². The standard InChI is InChI=1S/C14H20FNOS/c1-10-5-6-13(15)12(9-10)14(17)16(3)11(2)7-8-18-4/h5-6,9,11H,7-8H2,1-4H3. The molecule has 1 aromatic carbocycles. The van der Waals surface area contributed by atoms with Gasteiger partial charge >= 0.3 is 0 Å². The van der Waals surface area contributed by atoms with Crippen molar-refractivity contribution >= 4 is 17.7 Å². The number of benzene rings is 1. The number of halogens is 1. The van der Waals surface area contributed by atoms with Crippen LogP contribution in [0.4, 0.5) is 4.39 Å². The molecule has 1 aromatic rings. The van der Waals surface area contributed by atoms with Crippen molar-refractivity contribution in [2.75, 3.05) is 19.1 Å². The number of hydrogen-bond donors (Lipinski definition) is 0. The average Bonchev–Trinajstić information content (AvgIpc) is 2.37. The Balaban J connectivity index is 2.82. The molecule has 0 aliphatic heterocycles. The van der Waals surface area contributed by atoms with Gasteiger partial charge in [-0.2, -0.15) is 11.8 Å². The second-order valence-electron chi connectivity index (χ2n) is 4.53. The summed E-state index contributed by atoms with van der Waals surface area (Å²) in [5, 5.41) is 0. The minimum absolute atomic E-state index is 0.116. The summed E-state index contributed by atoms with van der Waals surface area (Å²) in [7, 11) is 1.73. The summed E-state index contributed by atoms with van der Waals surface area (Å²) < 4.78 is 13.6. The predicted molar refractivity (Wildman–Crippen MR) is 75.7 cm³/mol. The zero-order chi connectivity index (χ0) is 13.7. The number of rotatable bonds is 5. The van der Waals surface area contributed by atoms with Crippen LogP contribution in [-0.4, -0.2) is 35.9 Å². The Morgan fingerprint density at radius 3 is 2.78 bits per heavy atom. The first kappa shape index (κ1) is 15.0. The molecule has 0 heterocycles. The van der Waals surface area contributed by atoms with Crippen molar-refractivity contribution in [1.82, 2.24) is 4.90 Å². The molecule has 0 aliphatic rings.